The van der Waals surface area contributed by atoms with E-state index in [1.165, 1.54) is 12.0 Å². The first-order valence-electron chi connectivity index (χ1n) is 11.0. The van der Waals surface area contributed by atoms with E-state index in [0.29, 0.717) is 23.7 Å². The number of nitrogens with zero attached hydrogens (tertiary/aromatic N) is 3. The maximum absolute atomic E-state index is 13.0. The van der Waals surface area contributed by atoms with Gasteiger partial charge in [-0.15, -0.1) is 0 Å². The van der Waals surface area contributed by atoms with E-state index >= 15 is 0 Å². The number of hydrogen-bond donors (Lipinski definition) is 1. The molecule has 2 amide bonds. The molecule has 3 aromatic rings. The Morgan fingerprint density at radius 2 is 1.76 bits per heavy atom. The number of likely N-dealkylation sites (N-methyl/N-ethyl adjacent to an activating group) is 1. The number of amides is 2. The fourth-order valence-electron chi connectivity index (χ4n) is 3.39. The molecule has 1 N–H and O–H groups in total. The average Bonchev–Trinajstić information content (AvgIpc) is 3.21. The van der Waals surface area contributed by atoms with E-state index in [9.17, 15) is 9.59 Å². The summed E-state index contributed by atoms with van der Waals surface area (Å²) in [6.45, 7) is 10.4. The van der Waals surface area contributed by atoms with Crippen molar-refractivity contribution in [3.8, 4) is 11.4 Å². The minimum absolute atomic E-state index is 0.0860. The predicted molar refractivity (Wildman–Crippen MR) is 130 cm³/mol. The van der Waals surface area contributed by atoms with Crippen LogP contribution in [0.3, 0.4) is 0 Å². The van der Waals surface area contributed by atoms with E-state index in [1.807, 2.05) is 44.2 Å². The van der Waals surface area contributed by atoms with Crippen molar-refractivity contribution in [2.75, 3.05) is 25.5 Å². The van der Waals surface area contributed by atoms with Crippen LogP contribution in [0.15, 0.2) is 54.6 Å². The van der Waals surface area contributed by atoms with Crippen molar-refractivity contribution in [1.82, 2.24) is 14.7 Å². The zero-order valence-electron chi connectivity index (χ0n) is 20.2. The molecule has 0 aliphatic carbocycles. The Hall–Kier alpha value is -3.61. The summed E-state index contributed by atoms with van der Waals surface area (Å²) >= 11 is 0. The highest BCUT2D eigenvalue weighted by molar-refractivity contribution is 6.00. The van der Waals surface area contributed by atoms with Crippen molar-refractivity contribution in [2.24, 2.45) is 0 Å². The number of aryl methyl sites for hydroxylation is 1. The number of hydrogen-bond acceptors (Lipinski definition) is 4. The van der Waals surface area contributed by atoms with Crippen LogP contribution in [0, 0.1) is 6.92 Å². The molecule has 0 aliphatic rings. The summed E-state index contributed by atoms with van der Waals surface area (Å²) in [6, 6.07) is 16.8. The van der Waals surface area contributed by atoms with Gasteiger partial charge in [0.05, 0.1) is 24.1 Å². The van der Waals surface area contributed by atoms with E-state index in [2.05, 4.69) is 26.1 Å². The van der Waals surface area contributed by atoms with E-state index in [0.717, 1.165) is 16.9 Å². The number of ether oxygens (including phenoxy) is 1. The quantitative estimate of drug-likeness (QED) is 0.574. The van der Waals surface area contributed by atoms with Gasteiger partial charge in [0.2, 0.25) is 5.91 Å². The van der Waals surface area contributed by atoms with Crippen molar-refractivity contribution < 1.29 is 14.3 Å². The molecular weight excluding hydrogens is 416 g/mol. The first-order valence-corrected chi connectivity index (χ1v) is 11.0. The Morgan fingerprint density at radius 3 is 2.36 bits per heavy atom. The maximum Gasteiger partial charge on any atom is 0.258 e. The van der Waals surface area contributed by atoms with Crippen LogP contribution in [0.1, 0.15) is 49.3 Å². The van der Waals surface area contributed by atoms with Gasteiger partial charge in [0.25, 0.3) is 5.91 Å². The Kier molecular flexibility index (Phi) is 7.21. The highest BCUT2D eigenvalue weighted by Gasteiger charge is 2.24. The second kappa shape index (κ2) is 9.90. The number of nitrogens with one attached hydrogen (secondary N) is 1. The molecule has 1 heterocycles. The minimum Gasteiger partial charge on any atom is -0.496 e. The summed E-state index contributed by atoms with van der Waals surface area (Å²) in [5, 5.41) is 7.70. The van der Waals surface area contributed by atoms with Gasteiger partial charge < -0.3 is 15.0 Å². The number of methoxy groups -OCH3 is 1. The molecule has 33 heavy (non-hydrogen) atoms. The third-order valence-corrected chi connectivity index (χ3v) is 5.36. The molecule has 7 nitrogen and oxygen atoms in total. The summed E-state index contributed by atoms with van der Waals surface area (Å²) in [5.41, 5.74) is 3.08. The number of carbonyl (C=O) groups excluding carboxylic acids is 2. The summed E-state index contributed by atoms with van der Waals surface area (Å²) in [5.74, 6) is 0.490. The molecule has 0 radical (unpaired) electrons. The fraction of sp³-hybridized carbons (Fsp3) is 0.346. The van der Waals surface area contributed by atoms with Crippen molar-refractivity contribution >= 4 is 17.6 Å². The van der Waals surface area contributed by atoms with Crippen molar-refractivity contribution in [3.63, 3.8) is 0 Å². The number of anilines is 1. The smallest absolute Gasteiger partial charge is 0.258 e. The van der Waals surface area contributed by atoms with Crippen molar-refractivity contribution in [1.29, 1.82) is 0 Å². The zero-order valence-corrected chi connectivity index (χ0v) is 20.2. The van der Waals surface area contributed by atoms with E-state index < -0.39 is 0 Å². The van der Waals surface area contributed by atoms with Crippen LogP contribution in [0.25, 0.3) is 5.69 Å². The van der Waals surface area contributed by atoms with Crippen molar-refractivity contribution in [3.05, 3.63) is 71.4 Å². The second-order valence-electron chi connectivity index (χ2n) is 8.98. The topological polar surface area (TPSA) is 76.5 Å². The predicted octanol–water partition coefficient (Wildman–Crippen LogP) is 4.59. The van der Waals surface area contributed by atoms with Gasteiger partial charge >= 0.3 is 0 Å². The molecule has 0 atom stereocenters. The molecule has 2 aromatic carbocycles. The third-order valence-electron chi connectivity index (χ3n) is 5.36. The molecule has 1 aromatic heterocycles. The Labute approximate surface area is 195 Å². The normalized spacial score (nSPS) is 11.2. The van der Waals surface area contributed by atoms with Gasteiger partial charge in [0.1, 0.15) is 18.1 Å². The van der Waals surface area contributed by atoms with Crippen LogP contribution in [-0.4, -0.2) is 46.7 Å². The van der Waals surface area contributed by atoms with Gasteiger partial charge in [0, 0.05) is 18.0 Å². The molecule has 7 heteroatoms. The van der Waals surface area contributed by atoms with Crippen LogP contribution in [-0.2, 0) is 10.2 Å². The minimum atomic E-state index is -0.297. The van der Waals surface area contributed by atoms with Crippen LogP contribution in [0.2, 0.25) is 0 Å². The number of aromatic nitrogens is 2. The van der Waals surface area contributed by atoms with Gasteiger partial charge in [-0.2, -0.15) is 5.10 Å². The fourth-order valence-corrected chi connectivity index (χ4v) is 3.39. The lowest BCUT2D eigenvalue weighted by Crippen LogP contribution is -2.38. The molecule has 0 spiro atoms. The van der Waals surface area contributed by atoms with Crippen molar-refractivity contribution in [2.45, 2.75) is 40.0 Å². The molecule has 174 valence electrons. The number of para-hydroxylation sites is 1. The van der Waals surface area contributed by atoms with Gasteiger partial charge in [-0.3, -0.25) is 9.59 Å². The molecule has 0 bridgehead atoms. The molecule has 0 saturated heterocycles. The van der Waals surface area contributed by atoms with Gasteiger partial charge in [-0.25, -0.2) is 4.68 Å². The first kappa shape index (κ1) is 24.0. The third kappa shape index (κ3) is 5.61. The van der Waals surface area contributed by atoms with Crippen LogP contribution < -0.4 is 10.1 Å². The molecule has 0 saturated carbocycles. The van der Waals surface area contributed by atoms with Crippen LogP contribution in [0.5, 0.6) is 5.75 Å². The lowest BCUT2D eigenvalue weighted by Gasteiger charge is -2.21. The standard InChI is InChI=1S/C26H32N4O3/c1-7-29(25(32)20-10-8-9-11-21(20)33-6)17-24(31)27-23-16-22(26(3,4)5)28-30(23)19-14-12-18(2)13-15-19/h8-16H,7,17H2,1-6H3,(H,27,31). The maximum atomic E-state index is 13.0. The summed E-state index contributed by atoms with van der Waals surface area (Å²) in [4.78, 5) is 27.5. The van der Waals surface area contributed by atoms with Crippen LogP contribution in [0.4, 0.5) is 5.82 Å². The Balaban J connectivity index is 1.84. The highest BCUT2D eigenvalue weighted by atomic mass is 16.5. The largest absolute Gasteiger partial charge is 0.496 e. The SMILES string of the molecule is CCN(CC(=O)Nc1cc(C(C)(C)C)nn1-c1ccc(C)cc1)C(=O)c1ccccc1OC. The number of carbonyl (C=O) groups is 2. The van der Waals surface area contributed by atoms with E-state index in [4.69, 9.17) is 9.84 Å². The number of rotatable bonds is 7. The van der Waals surface area contributed by atoms with E-state index in [-0.39, 0.29) is 23.8 Å². The highest BCUT2D eigenvalue weighted by Crippen LogP contribution is 2.26. The Bertz CT molecular complexity index is 1130. The van der Waals surface area contributed by atoms with E-state index in [1.54, 1.807) is 28.9 Å². The Morgan fingerprint density at radius 1 is 1.09 bits per heavy atom. The summed E-state index contributed by atoms with van der Waals surface area (Å²) < 4.78 is 7.04. The summed E-state index contributed by atoms with van der Waals surface area (Å²) in [7, 11) is 1.52. The first-order chi connectivity index (χ1) is 15.6. The molecule has 0 unspecified atom stereocenters. The second-order valence-corrected chi connectivity index (χ2v) is 8.98. The monoisotopic (exact) mass is 448 g/mol. The summed E-state index contributed by atoms with van der Waals surface area (Å²) in [6.07, 6.45) is 0. The zero-order chi connectivity index (χ0) is 24.2. The number of benzene rings is 2. The average molecular weight is 449 g/mol. The van der Waals surface area contributed by atoms with Gasteiger partial charge in [-0.1, -0.05) is 50.6 Å². The molecule has 0 fully saturated rings. The lowest BCUT2D eigenvalue weighted by molar-refractivity contribution is -0.116. The van der Waals surface area contributed by atoms with Crippen LogP contribution >= 0.6 is 0 Å². The van der Waals surface area contributed by atoms with Gasteiger partial charge in [-0.05, 0) is 38.1 Å². The molecule has 3 rings (SSSR count). The van der Waals surface area contributed by atoms with Gasteiger partial charge in [0.15, 0.2) is 0 Å². The lowest BCUT2D eigenvalue weighted by atomic mass is 9.92. The molecular formula is C26H32N4O3. The molecule has 0 aliphatic heterocycles.